The molecule has 4 rings (SSSR count). The zero-order valence-electron chi connectivity index (χ0n) is 20.9. The average Bonchev–Trinajstić information content (AvgIpc) is 3.26. The van der Waals surface area contributed by atoms with Gasteiger partial charge in [-0.3, -0.25) is 0 Å². The number of benzene rings is 3. The van der Waals surface area contributed by atoms with Crippen LogP contribution in [0.3, 0.4) is 0 Å². The maximum Gasteiger partial charge on any atom is 0.335 e. The number of hydrogen-bond donors (Lipinski definition) is 1. The fourth-order valence-electron chi connectivity index (χ4n) is 4.29. The number of aromatic nitrogens is 1. The molecule has 1 heterocycles. The second-order valence-corrected chi connectivity index (χ2v) is 9.67. The van der Waals surface area contributed by atoms with Gasteiger partial charge in [0.25, 0.3) is 0 Å². The first kappa shape index (κ1) is 26.6. The van der Waals surface area contributed by atoms with E-state index in [1.54, 1.807) is 18.2 Å². The Morgan fingerprint density at radius 1 is 1.05 bits per heavy atom. The zero-order valence-corrected chi connectivity index (χ0v) is 22.4. The summed E-state index contributed by atoms with van der Waals surface area (Å²) in [5.74, 6) is 0.571. The summed E-state index contributed by atoms with van der Waals surface area (Å²) in [6.45, 7) is 4.92. The van der Waals surface area contributed by atoms with E-state index < -0.39 is 5.97 Å². The van der Waals surface area contributed by atoms with Crippen LogP contribution < -0.4 is 9.64 Å². The minimum atomic E-state index is -0.931. The summed E-state index contributed by atoms with van der Waals surface area (Å²) in [6.07, 6.45) is 1.14. The van der Waals surface area contributed by atoms with E-state index in [-0.39, 0.29) is 5.56 Å². The summed E-state index contributed by atoms with van der Waals surface area (Å²) in [7, 11) is 1.98. The smallest absolute Gasteiger partial charge is 0.335 e. The van der Waals surface area contributed by atoms with E-state index in [1.165, 1.54) is 0 Å². The molecule has 0 fully saturated rings. The summed E-state index contributed by atoms with van der Waals surface area (Å²) in [4.78, 5) is 13.4. The van der Waals surface area contributed by atoms with Crippen LogP contribution in [0, 0.1) is 6.92 Å². The van der Waals surface area contributed by atoms with Crippen LogP contribution in [0.25, 0.3) is 0 Å². The Balaban J connectivity index is 1.47. The van der Waals surface area contributed by atoms with Crippen LogP contribution in [0.15, 0.2) is 65.2 Å². The highest BCUT2D eigenvalue weighted by atomic mass is 35.5. The van der Waals surface area contributed by atoms with Crippen LogP contribution >= 0.6 is 23.2 Å². The minimum Gasteiger partial charge on any atom is -0.489 e. The van der Waals surface area contributed by atoms with Crippen molar-refractivity contribution >= 4 is 34.9 Å². The molecular formula is C29H28Cl2N2O4. The van der Waals surface area contributed by atoms with E-state index in [2.05, 4.69) is 10.1 Å². The van der Waals surface area contributed by atoms with Gasteiger partial charge in [0, 0.05) is 42.2 Å². The number of halogens is 2. The fraction of sp³-hybridized carbons (Fsp3) is 0.241. The molecule has 37 heavy (non-hydrogen) atoms. The molecule has 1 N–H and O–H groups in total. The number of carboxylic acid groups (broad SMARTS) is 1. The lowest BCUT2D eigenvalue weighted by Crippen LogP contribution is -2.17. The lowest BCUT2D eigenvalue weighted by molar-refractivity contribution is 0.0696. The Labute approximate surface area is 226 Å². The van der Waals surface area contributed by atoms with Crippen molar-refractivity contribution in [3.8, 4) is 5.75 Å². The van der Waals surface area contributed by atoms with Gasteiger partial charge in [-0.15, -0.1) is 0 Å². The van der Waals surface area contributed by atoms with Gasteiger partial charge in [0.2, 0.25) is 0 Å². The predicted octanol–water partition coefficient (Wildman–Crippen LogP) is 7.36. The summed E-state index contributed by atoms with van der Waals surface area (Å²) in [5, 5.41) is 14.7. The van der Waals surface area contributed by atoms with Gasteiger partial charge in [0.05, 0.1) is 16.8 Å². The standard InChI is InChI=1S/C29H28Cl2N2O4/c1-4-28-23(26(32-37-28)15-22-24(30)9-6-10-25(22)31)17-36-21-11-12-27(18(2)13-21)33(3)16-19-7-5-8-20(14-19)29(34)35/h5-14H,4,15-17H2,1-3H3,(H,34,35). The summed E-state index contributed by atoms with van der Waals surface area (Å²) in [6, 6.07) is 18.3. The highest BCUT2D eigenvalue weighted by molar-refractivity contribution is 6.36. The van der Waals surface area contributed by atoms with Gasteiger partial charge in [0.1, 0.15) is 18.1 Å². The van der Waals surface area contributed by atoms with Crippen LogP contribution in [0.4, 0.5) is 5.69 Å². The maximum atomic E-state index is 11.3. The van der Waals surface area contributed by atoms with Crippen molar-refractivity contribution in [1.29, 1.82) is 0 Å². The van der Waals surface area contributed by atoms with E-state index in [0.29, 0.717) is 36.0 Å². The summed E-state index contributed by atoms with van der Waals surface area (Å²) >= 11 is 12.7. The Bertz CT molecular complexity index is 1400. The van der Waals surface area contributed by atoms with E-state index in [0.717, 1.165) is 45.1 Å². The van der Waals surface area contributed by atoms with Crippen molar-refractivity contribution in [1.82, 2.24) is 5.16 Å². The van der Waals surface area contributed by atoms with Crippen LogP contribution in [0.2, 0.25) is 10.0 Å². The average molecular weight is 539 g/mol. The number of aryl methyl sites for hydroxylation is 2. The number of rotatable bonds is 10. The Hall–Kier alpha value is -3.48. The fourth-order valence-corrected chi connectivity index (χ4v) is 4.83. The van der Waals surface area contributed by atoms with Gasteiger partial charge in [-0.2, -0.15) is 0 Å². The molecule has 1 aromatic heterocycles. The number of ether oxygens (including phenoxy) is 1. The minimum absolute atomic E-state index is 0.280. The highest BCUT2D eigenvalue weighted by Crippen LogP contribution is 2.30. The van der Waals surface area contributed by atoms with Crippen molar-refractivity contribution in [3.05, 3.63) is 110 Å². The number of carboxylic acids is 1. The van der Waals surface area contributed by atoms with Crippen LogP contribution in [0.5, 0.6) is 5.75 Å². The second-order valence-electron chi connectivity index (χ2n) is 8.86. The van der Waals surface area contributed by atoms with E-state index in [1.807, 2.05) is 63.4 Å². The summed E-state index contributed by atoms with van der Waals surface area (Å²) < 4.78 is 11.7. The van der Waals surface area contributed by atoms with Crippen LogP contribution in [-0.4, -0.2) is 23.3 Å². The lowest BCUT2D eigenvalue weighted by atomic mass is 10.0. The number of carbonyl (C=O) groups is 1. The van der Waals surface area contributed by atoms with E-state index in [4.69, 9.17) is 32.5 Å². The molecule has 3 aromatic carbocycles. The zero-order chi connectivity index (χ0) is 26.5. The quantitative estimate of drug-likeness (QED) is 0.227. The molecule has 0 unspecified atom stereocenters. The molecule has 0 spiro atoms. The Kier molecular flexibility index (Phi) is 8.41. The molecule has 0 saturated heterocycles. The van der Waals surface area contributed by atoms with E-state index in [9.17, 15) is 9.90 Å². The third kappa shape index (κ3) is 6.27. The van der Waals surface area contributed by atoms with E-state index >= 15 is 0 Å². The second kappa shape index (κ2) is 11.7. The van der Waals surface area contributed by atoms with Gasteiger partial charge in [-0.05, 0) is 66.1 Å². The van der Waals surface area contributed by atoms with Crippen molar-refractivity contribution in [3.63, 3.8) is 0 Å². The molecule has 6 nitrogen and oxygen atoms in total. The molecule has 0 radical (unpaired) electrons. The number of nitrogens with zero attached hydrogens (tertiary/aromatic N) is 2. The van der Waals surface area contributed by atoms with Crippen LogP contribution in [0.1, 0.15) is 51.0 Å². The number of anilines is 1. The topological polar surface area (TPSA) is 75.8 Å². The van der Waals surface area contributed by atoms with Crippen molar-refractivity contribution < 1.29 is 19.2 Å². The molecule has 0 aliphatic heterocycles. The predicted molar refractivity (Wildman–Crippen MR) is 146 cm³/mol. The largest absolute Gasteiger partial charge is 0.489 e. The highest BCUT2D eigenvalue weighted by Gasteiger charge is 2.19. The molecule has 4 aromatic rings. The van der Waals surface area contributed by atoms with Gasteiger partial charge in [-0.1, -0.05) is 53.5 Å². The third-order valence-corrected chi connectivity index (χ3v) is 6.94. The van der Waals surface area contributed by atoms with Crippen molar-refractivity contribution in [2.24, 2.45) is 0 Å². The van der Waals surface area contributed by atoms with Gasteiger partial charge in [0.15, 0.2) is 0 Å². The van der Waals surface area contributed by atoms with Crippen molar-refractivity contribution in [2.75, 3.05) is 11.9 Å². The number of aromatic carboxylic acids is 1. The molecule has 0 bridgehead atoms. The Morgan fingerprint density at radius 3 is 2.46 bits per heavy atom. The molecule has 192 valence electrons. The molecule has 0 saturated carbocycles. The molecule has 0 amide bonds. The van der Waals surface area contributed by atoms with Gasteiger partial charge >= 0.3 is 5.97 Å². The lowest BCUT2D eigenvalue weighted by Gasteiger charge is -2.22. The normalized spacial score (nSPS) is 10.9. The molecular weight excluding hydrogens is 511 g/mol. The maximum absolute atomic E-state index is 11.3. The van der Waals surface area contributed by atoms with Crippen molar-refractivity contribution in [2.45, 2.75) is 39.8 Å². The Morgan fingerprint density at radius 2 is 1.78 bits per heavy atom. The van der Waals surface area contributed by atoms with Gasteiger partial charge < -0.3 is 19.3 Å². The monoisotopic (exact) mass is 538 g/mol. The molecule has 0 atom stereocenters. The summed E-state index contributed by atoms with van der Waals surface area (Å²) in [5.41, 5.74) is 5.73. The first-order chi connectivity index (χ1) is 17.8. The molecule has 0 aliphatic carbocycles. The molecule has 0 aliphatic rings. The number of hydrogen-bond acceptors (Lipinski definition) is 5. The van der Waals surface area contributed by atoms with Gasteiger partial charge in [-0.25, -0.2) is 4.79 Å². The van der Waals surface area contributed by atoms with Crippen LogP contribution in [-0.2, 0) is 26.0 Å². The first-order valence-electron chi connectivity index (χ1n) is 11.9. The third-order valence-electron chi connectivity index (χ3n) is 6.23. The molecule has 8 heteroatoms. The SMILES string of the molecule is CCc1onc(Cc2c(Cl)cccc2Cl)c1COc1ccc(N(C)Cc2cccc(C(=O)O)c2)c(C)c1. The first-order valence-corrected chi connectivity index (χ1v) is 12.7.